The van der Waals surface area contributed by atoms with E-state index in [-0.39, 0.29) is 5.91 Å². The lowest BCUT2D eigenvalue weighted by Gasteiger charge is -2.18. The monoisotopic (exact) mass is 332 g/mol. The molecule has 0 fully saturated rings. The summed E-state index contributed by atoms with van der Waals surface area (Å²) in [7, 11) is 3.52. The van der Waals surface area contributed by atoms with E-state index >= 15 is 0 Å². The number of thiazole rings is 1. The fourth-order valence-corrected chi connectivity index (χ4v) is 3.44. The topological polar surface area (TPSA) is 42.4 Å². The maximum absolute atomic E-state index is 12.4. The number of benzene rings is 1. The van der Waals surface area contributed by atoms with E-state index in [1.807, 2.05) is 26.3 Å². The number of nitrogens with zero attached hydrogens (tertiary/aromatic N) is 2. The Hall–Kier alpha value is -1.88. The molecule has 23 heavy (non-hydrogen) atoms. The molecule has 0 atom stereocenters. The van der Waals surface area contributed by atoms with Crippen molar-refractivity contribution in [2.45, 2.75) is 40.2 Å². The van der Waals surface area contributed by atoms with Gasteiger partial charge in [-0.3, -0.25) is 4.79 Å². The Kier molecular flexibility index (Phi) is 5.77. The smallest absolute Gasteiger partial charge is 0.228 e. The number of ether oxygens (including phenoxy) is 1. The minimum absolute atomic E-state index is 0.0871. The van der Waals surface area contributed by atoms with Crippen LogP contribution in [0.1, 0.15) is 34.3 Å². The Labute approximate surface area is 142 Å². The van der Waals surface area contributed by atoms with Gasteiger partial charge in [-0.1, -0.05) is 19.1 Å². The molecular weight excluding hydrogens is 308 g/mol. The summed E-state index contributed by atoms with van der Waals surface area (Å²) in [5.74, 6) is 1.00. The van der Waals surface area contributed by atoms with Crippen molar-refractivity contribution in [2.75, 3.05) is 14.2 Å². The van der Waals surface area contributed by atoms with Crippen molar-refractivity contribution < 1.29 is 9.53 Å². The fraction of sp³-hybridized carbons (Fsp3) is 0.444. The fourth-order valence-electron chi connectivity index (χ4n) is 2.70. The Balaban J connectivity index is 2.03. The number of carbonyl (C=O) groups excluding carboxylic acids is 1. The van der Waals surface area contributed by atoms with E-state index < -0.39 is 0 Å². The summed E-state index contributed by atoms with van der Waals surface area (Å²) in [6.45, 7) is 6.72. The minimum atomic E-state index is 0.0871. The normalized spacial score (nSPS) is 10.7. The second-order valence-electron chi connectivity index (χ2n) is 5.78. The number of rotatable bonds is 6. The van der Waals surface area contributed by atoms with Gasteiger partial charge in [0.2, 0.25) is 5.91 Å². The number of methoxy groups -OCH3 is 1. The van der Waals surface area contributed by atoms with Crippen molar-refractivity contribution in [3.05, 3.63) is 44.9 Å². The molecule has 4 nitrogen and oxygen atoms in total. The van der Waals surface area contributed by atoms with E-state index in [9.17, 15) is 4.79 Å². The van der Waals surface area contributed by atoms with Gasteiger partial charge in [-0.2, -0.15) is 0 Å². The van der Waals surface area contributed by atoms with Crippen LogP contribution in [0.3, 0.4) is 0 Å². The highest BCUT2D eigenvalue weighted by molar-refractivity contribution is 7.09. The molecule has 0 spiro atoms. The van der Waals surface area contributed by atoms with Crippen LogP contribution in [-0.2, 0) is 24.2 Å². The predicted octanol–water partition coefficient (Wildman–Crippen LogP) is 3.53. The number of hydrogen-bond donors (Lipinski definition) is 0. The summed E-state index contributed by atoms with van der Waals surface area (Å²) >= 11 is 1.62. The van der Waals surface area contributed by atoms with Crippen LogP contribution in [-0.4, -0.2) is 29.9 Å². The standard InChI is InChI=1S/C18H24N2O2S/c1-6-16-19-15(11-23-16)9-17(21)20(4)10-14-7-12(2)18(22-5)13(3)8-14/h7-8,11H,6,9-10H2,1-5H3. The number of carbonyl (C=O) groups is 1. The first-order chi connectivity index (χ1) is 10.9. The van der Waals surface area contributed by atoms with Gasteiger partial charge < -0.3 is 9.64 Å². The lowest BCUT2D eigenvalue weighted by Crippen LogP contribution is -2.27. The Morgan fingerprint density at radius 2 is 1.96 bits per heavy atom. The van der Waals surface area contributed by atoms with Crippen LogP contribution in [0.25, 0.3) is 0 Å². The van der Waals surface area contributed by atoms with E-state index in [0.29, 0.717) is 13.0 Å². The molecule has 0 aliphatic rings. The molecule has 0 bridgehead atoms. The zero-order valence-electron chi connectivity index (χ0n) is 14.5. The van der Waals surface area contributed by atoms with Crippen molar-refractivity contribution in [3.63, 3.8) is 0 Å². The number of aryl methyl sites for hydroxylation is 3. The van der Waals surface area contributed by atoms with Gasteiger partial charge in [0.05, 0.1) is 24.2 Å². The van der Waals surface area contributed by atoms with Gasteiger partial charge in [-0.25, -0.2) is 4.98 Å². The lowest BCUT2D eigenvalue weighted by molar-refractivity contribution is -0.129. The van der Waals surface area contributed by atoms with Gasteiger partial charge in [-0.05, 0) is 37.0 Å². The van der Waals surface area contributed by atoms with Crippen molar-refractivity contribution in [1.29, 1.82) is 0 Å². The van der Waals surface area contributed by atoms with Crippen LogP contribution in [0, 0.1) is 13.8 Å². The van der Waals surface area contributed by atoms with Gasteiger partial charge in [0.1, 0.15) is 5.75 Å². The maximum atomic E-state index is 12.4. The summed E-state index contributed by atoms with van der Waals surface area (Å²) in [6.07, 6.45) is 1.28. The third kappa shape index (κ3) is 4.32. The molecule has 2 rings (SSSR count). The van der Waals surface area contributed by atoms with Gasteiger partial charge in [0.15, 0.2) is 0 Å². The van der Waals surface area contributed by atoms with Gasteiger partial charge in [0.25, 0.3) is 0 Å². The average molecular weight is 332 g/mol. The molecule has 0 saturated heterocycles. The molecule has 0 N–H and O–H groups in total. The van der Waals surface area contributed by atoms with Gasteiger partial charge >= 0.3 is 0 Å². The molecule has 0 unspecified atom stereocenters. The molecule has 0 aliphatic carbocycles. The Morgan fingerprint density at radius 1 is 1.30 bits per heavy atom. The molecule has 1 amide bonds. The van der Waals surface area contributed by atoms with E-state index in [4.69, 9.17) is 4.74 Å². The molecule has 124 valence electrons. The largest absolute Gasteiger partial charge is 0.496 e. The van der Waals surface area contributed by atoms with Crippen LogP contribution in [0.2, 0.25) is 0 Å². The van der Waals surface area contributed by atoms with Crippen LogP contribution in [0.15, 0.2) is 17.5 Å². The van der Waals surface area contributed by atoms with Crippen molar-refractivity contribution in [2.24, 2.45) is 0 Å². The average Bonchev–Trinajstić information content (AvgIpc) is 2.94. The molecule has 1 heterocycles. The highest BCUT2D eigenvalue weighted by Crippen LogP contribution is 2.25. The molecule has 5 heteroatoms. The molecule has 2 aromatic rings. The van der Waals surface area contributed by atoms with Crippen molar-refractivity contribution >= 4 is 17.2 Å². The number of hydrogen-bond acceptors (Lipinski definition) is 4. The first-order valence-corrected chi connectivity index (χ1v) is 8.63. The molecule has 1 aromatic heterocycles. The molecule has 0 saturated carbocycles. The van der Waals surface area contributed by atoms with Gasteiger partial charge in [0, 0.05) is 19.0 Å². The minimum Gasteiger partial charge on any atom is -0.496 e. The predicted molar refractivity (Wildman–Crippen MR) is 94.1 cm³/mol. The second kappa shape index (κ2) is 7.59. The first-order valence-electron chi connectivity index (χ1n) is 7.76. The SMILES string of the molecule is CCc1nc(CC(=O)N(C)Cc2cc(C)c(OC)c(C)c2)cs1. The zero-order chi connectivity index (χ0) is 17.0. The van der Waals surface area contributed by atoms with Crippen molar-refractivity contribution in [3.8, 4) is 5.75 Å². The van der Waals surface area contributed by atoms with E-state index in [1.54, 1.807) is 23.3 Å². The number of aromatic nitrogens is 1. The van der Waals surface area contributed by atoms with E-state index in [2.05, 4.69) is 24.0 Å². The quantitative estimate of drug-likeness (QED) is 0.813. The highest BCUT2D eigenvalue weighted by Gasteiger charge is 2.14. The summed E-state index contributed by atoms with van der Waals surface area (Å²) in [4.78, 5) is 18.6. The summed E-state index contributed by atoms with van der Waals surface area (Å²) < 4.78 is 5.39. The lowest BCUT2D eigenvalue weighted by atomic mass is 10.1. The Bertz CT molecular complexity index is 671. The van der Waals surface area contributed by atoms with Crippen molar-refractivity contribution in [1.82, 2.24) is 9.88 Å². The first kappa shape index (κ1) is 17.5. The zero-order valence-corrected chi connectivity index (χ0v) is 15.3. The van der Waals surface area contributed by atoms with Crippen LogP contribution in [0.4, 0.5) is 0 Å². The highest BCUT2D eigenvalue weighted by atomic mass is 32.1. The Morgan fingerprint density at radius 3 is 2.48 bits per heavy atom. The molecule has 0 aliphatic heterocycles. The molecular formula is C18H24N2O2S. The molecule has 1 aromatic carbocycles. The van der Waals surface area contributed by atoms with Crippen LogP contribution in [0.5, 0.6) is 5.75 Å². The summed E-state index contributed by atoms with van der Waals surface area (Å²) in [6, 6.07) is 4.15. The molecule has 0 radical (unpaired) electrons. The van der Waals surface area contributed by atoms with Gasteiger partial charge in [-0.15, -0.1) is 11.3 Å². The summed E-state index contributed by atoms with van der Waals surface area (Å²) in [5, 5.41) is 3.06. The van der Waals surface area contributed by atoms with Crippen LogP contribution >= 0.6 is 11.3 Å². The van der Waals surface area contributed by atoms with E-state index in [0.717, 1.165) is 39.6 Å². The maximum Gasteiger partial charge on any atom is 0.228 e. The summed E-state index contributed by atoms with van der Waals surface area (Å²) in [5.41, 5.74) is 4.17. The third-order valence-electron chi connectivity index (χ3n) is 3.80. The number of likely N-dealkylation sites (N-methyl/N-ethyl adjacent to an activating group) is 1. The van der Waals surface area contributed by atoms with E-state index in [1.165, 1.54) is 0 Å². The third-order valence-corrected chi connectivity index (χ3v) is 4.85. The number of amides is 1. The van der Waals surface area contributed by atoms with Crippen LogP contribution < -0.4 is 4.74 Å². The second-order valence-corrected chi connectivity index (χ2v) is 6.72.